The SMILES string of the molecule is O=C(NCc1cocn1)c1ccccc1Cl. The zero-order valence-electron chi connectivity index (χ0n) is 8.31. The largest absolute Gasteiger partial charge is 0.451 e. The third kappa shape index (κ3) is 2.41. The molecule has 1 aromatic carbocycles. The Kier molecular flexibility index (Phi) is 3.22. The minimum atomic E-state index is -0.228. The van der Waals surface area contributed by atoms with Crippen LogP contribution in [0.15, 0.2) is 41.3 Å². The number of nitrogens with zero attached hydrogens (tertiary/aromatic N) is 1. The molecule has 0 spiro atoms. The first-order valence-electron chi connectivity index (χ1n) is 4.67. The van der Waals surface area contributed by atoms with Gasteiger partial charge in [0.2, 0.25) is 0 Å². The molecule has 0 radical (unpaired) electrons. The van der Waals surface area contributed by atoms with Gasteiger partial charge in [-0.25, -0.2) is 4.98 Å². The van der Waals surface area contributed by atoms with Crippen LogP contribution in [0.2, 0.25) is 5.02 Å². The van der Waals surface area contributed by atoms with Gasteiger partial charge in [0.1, 0.15) is 6.26 Å². The number of carbonyl (C=O) groups is 1. The van der Waals surface area contributed by atoms with Crippen LogP contribution in [-0.4, -0.2) is 10.9 Å². The van der Waals surface area contributed by atoms with E-state index < -0.39 is 0 Å². The van der Waals surface area contributed by atoms with Gasteiger partial charge in [-0.2, -0.15) is 0 Å². The van der Waals surface area contributed by atoms with Crippen molar-refractivity contribution in [2.75, 3.05) is 0 Å². The number of hydrogen-bond acceptors (Lipinski definition) is 3. The van der Waals surface area contributed by atoms with Gasteiger partial charge >= 0.3 is 0 Å². The Balaban J connectivity index is 2.01. The van der Waals surface area contributed by atoms with Crippen LogP contribution in [0, 0.1) is 0 Å². The summed E-state index contributed by atoms with van der Waals surface area (Å²) in [5, 5.41) is 3.13. The van der Waals surface area contributed by atoms with Crippen molar-refractivity contribution >= 4 is 17.5 Å². The summed E-state index contributed by atoms with van der Waals surface area (Å²) in [5.74, 6) is -0.228. The minimum Gasteiger partial charge on any atom is -0.451 e. The molecule has 1 aromatic heterocycles. The lowest BCUT2D eigenvalue weighted by atomic mass is 10.2. The number of benzene rings is 1. The van der Waals surface area contributed by atoms with Gasteiger partial charge in [0.15, 0.2) is 6.39 Å². The maximum absolute atomic E-state index is 11.7. The van der Waals surface area contributed by atoms with Crippen molar-refractivity contribution in [2.45, 2.75) is 6.54 Å². The highest BCUT2D eigenvalue weighted by Crippen LogP contribution is 2.14. The molecular weight excluding hydrogens is 228 g/mol. The molecule has 0 bridgehead atoms. The van der Waals surface area contributed by atoms with Crippen LogP contribution in [0.1, 0.15) is 16.1 Å². The Morgan fingerprint density at radius 3 is 2.94 bits per heavy atom. The Hall–Kier alpha value is -1.81. The molecule has 1 N–H and O–H groups in total. The summed E-state index contributed by atoms with van der Waals surface area (Å²) in [6.45, 7) is 0.320. The van der Waals surface area contributed by atoms with Gasteiger partial charge < -0.3 is 9.73 Å². The van der Waals surface area contributed by atoms with Crippen LogP contribution in [0.4, 0.5) is 0 Å². The molecule has 0 aliphatic heterocycles. The topological polar surface area (TPSA) is 55.1 Å². The van der Waals surface area contributed by atoms with E-state index in [4.69, 9.17) is 16.0 Å². The second-order valence-electron chi connectivity index (χ2n) is 3.14. The van der Waals surface area contributed by atoms with E-state index in [0.717, 1.165) is 0 Å². The first kappa shape index (κ1) is 10.7. The Labute approximate surface area is 97.2 Å². The molecule has 1 heterocycles. The van der Waals surface area contributed by atoms with E-state index in [1.165, 1.54) is 12.7 Å². The molecule has 82 valence electrons. The van der Waals surface area contributed by atoms with Crippen molar-refractivity contribution in [3.63, 3.8) is 0 Å². The van der Waals surface area contributed by atoms with Crippen molar-refractivity contribution < 1.29 is 9.21 Å². The third-order valence-electron chi connectivity index (χ3n) is 2.03. The van der Waals surface area contributed by atoms with Gasteiger partial charge in [0.25, 0.3) is 5.91 Å². The summed E-state index contributed by atoms with van der Waals surface area (Å²) in [7, 11) is 0. The molecule has 5 heteroatoms. The summed E-state index contributed by atoms with van der Waals surface area (Å²) >= 11 is 5.88. The zero-order valence-corrected chi connectivity index (χ0v) is 9.07. The molecule has 0 atom stereocenters. The second-order valence-corrected chi connectivity index (χ2v) is 3.55. The van der Waals surface area contributed by atoms with Crippen LogP contribution >= 0.6 is 11.6 Å². The van der Waals surface area contributed by atoms with Crippen molar-refractivity contribution in [2.24, 2.45) is 0 Å². The van der Waals surface area contributed by atoms with E-state index in [9.17, 15) is 4.79 Å². The molecule has 0 fully saturated rings. The summed E-state index contributed by atoms with van der Waals surface area (Å²) in [5.41, 5.74) is 1.12. The van der Waals surface area contributed by atoms with Crippen LogP contribution < -0.4 is 5.32 Å². The molecule has 0 unspecified atom stereocenters. The molecule has 2 aromatic rings. The van der Waals surface area contributed by atoms with Gasteiger partial charge in [-0.3, -0.25) is 4.79 Å². The number of oxazole rings is 1. The van der Waals surface area contributed by atoms with Crippen molar-refractivity contribution in [1.82, 2.24) is 10.3 Å². The molecule has 0 saturated carbocycles. The van der Waals surface area contributed by atoms with Crippen LogP contribution in [-0.2, 0) is 6.54 Å². The Morgan fingerprint density at radius 1 is 1.44 bits per heavy atom. The molecule has 4 nitrogen and oxygen atoms in total. The normalized spacial score (nSPS) is 10.1. The lowest BCUT2D eigenvalue weighted by molar-refractivity contribution is 0.0950. The van der Waals surface area contributed by atoms with E-state index >= 15 is 0 Å². The minimum absolute atomic E-state index is 0.228. The van der Waals surface area contributed by atoms with E-state index in [0.29, 0.717) is 22.8 Å². The number of amides is 1. The van der Waals surface area contributed by atoms with Gasteiger partial charge in [-0.15, -0.1) is 0 Å². The maximum Gasteiger partial charge on any atom is 0.253 e. The monoisotopic (exact) mass is 236 g/mol. The fourth-order valence-corrected chi connectivity index (χ4v) is 1.46. The van der Waals surface area contributed by atoms with Crippen molar-refractivity contribution in [3.05, 3.63) is 53.2 Å². The van der Waals surface area contributed by atoms with E-state index in [2.05, 4.69) is 10.3 Å². The van der Waals surface area contributed by atoms with Crippen molar-refractivity contribution in [1.29, 1.82) is 0 Å². The van der Waals surface area contributed by atoms with Crippen LogP contribution in [0.3, 0.4) is 0 Å². The predicted molar refractivity (Wildman–Crippen MR) is 59.1 cm³/mol. The number of hydrogen-bond donors (Lipinski definition) is 1. The lowest BCUT2D eigenvalue weighted by Crippen LogP contribution is -2.23. The summed E-state index contributed by atoms with van der Waals surface area (Å²) in [4.78, 5) is 15.6. The number of rotatable bonds is 3. The molecule has 2 rings (SSSR count). The van der Waals surface area contributed by atoms with E-state index in [1.807, 2.05) is 0 Å². The van der Waals surface area contributed by atoms with Crippen molar-refractivity contribution in [3.8, 4) is 0 Å². The molecule has 0 aliphatic rings. The number of halogens is 1. The lowest BCUT2D eigenvalue weighted by Gasteiger charge is -2.04. The van der Waals surface area contributed by atoms with E-state index in [1.54, 1.807) is 24.3 Å². The second kappa shape index (κ2) is 4.81. The Morgan fingerprint density at radius 2 is 2.25 bits per heavy atom. The predicted octanol–water partition coefficient (Wildman–Crippen LogP) is 2.26. The zero-order chi connectivity index (χ0) is 11.4. The maximum atomic E-state index is 11.7. The van der Waals surface area contributed by atoms with Gasteiger partial charge in [0.05, 0.1) is 22.8 Å². The highest BCUT2D eigenvalue weighted by Gasteiger charge is 2.09. The molecular formula is C11H9ClN2O2. The highest BCUT2D eigenvalue weighted by molar-refractivity contribution is 6.33. The molecule has 0 saturated heterocycles. The summed E-state index contributed by atoms with van der Waals surface area (Å²) in [6, 6.07) is 6.88. The van der Waals surface area contributed by atoms with E-state index in [-0.39, 0.29) is 5.91 Å². The number of carbonyl (C=O) groups excluding carboxylic acids is 1. The fourth-order valence-electron chi connectivity index (χ4n) is 1.24. The first-order chi connectivity index (χ1) is 7.77. The number of aromatic nitrogens is 1. The quantitative estimate of drug-likeness (QED) is 0.889. The van der Waals surface area contributed by atoms with Gasteiger partial charge in [0, 0.05) is 0 Å². The average molecular weight is 237 g/mol. The molecule has 0 aliphatic carbocycles. The molecule has 1 amide bonds. The highest BCUT2D eigenvalue weighted by atomic mass is 35.5. The standard InChI is InChI=1S/C11H9ClN2O2/c12-10-4-2-1-3-9(10)11(15)13-5-8-6-16-7-14-8/h1-4,6-7H,5H2,(H,13,15). The van der Waals surface area contributed by atoms with Gasteiger partial charge in [-0.1, -0.05) is 23.7 Å². The van der Waals surface area contributed by atoms with Gasteiger partial charge in [-0.05, 0) is 12.1 Å². The third-order valence-corrected chi connectivity index (χ3v) is 2.36. The smallest absolute Gasteiger partial charge is 0.253 e. The summed E-state index contributed by atoms with van der Waals surface area (Å²) < 4.78 is 4.79. The molecule has 16 heavy (non-hydrogen) atoms. The fraction of sp³-hybridized carbons (Fsp3) is 0.0909. The van der Waals surface area contributed by atoms with Crippen LogP contribution in [0.25, 0.3) is 0 Å². The first-order valence-corrected chi connectivity index (χ1v) is 5.05. The number of nitrogens with one attached hydrogen (secondary N) is 1. The summed E-state index contributed by atoms with van der Waals surface area (Å²) in [6.07, 6.45) is 2.80. The Bertz CT molecular complexity index is 482. The van der Waals surface area contributed by atoms with Crippen LogP contribution in [0.5, 0.6) is 0 Å². The average Bonchev–Trinajstić information content (AvgIpc) is 2.79.